The minimum Gasteiger partial charge on any atom is -0.399 e. The van der Waals surface area contributed by atoms with Gasteiger partial charge in [0.15, 0.2) is 0 Å². The number of benzene rings is 1. The predicted molar refractivity (Wildman–Crippen MR) is 71.0 cm³/mol. The fourth-order valence-corrected chi connectivity index (χ4v) is 3.39. The molecule has 0 bridgehead atoms. The van der Waals surface area contributed by atoms with Crippen molar-refractivity contribution in [2.45, 2.75) is 13.8 Å². The van der Waals surface area contributed by atoms with Crippen LogP contribution in [0.15, 0.2) is 24.5 Å². The van der Waals surface area contributed by atoms with Crippen LogP contribution in [0.2, 0.25) is 0 Å². The van der Waals surface area contributed by atoms with Gasteiger partial charge in [-0.3, -0.25) is 4.98 Å². The second kappa shape index (κ2) is 3.19. The molecule has 16 heavy (non-hydrogen) atoms. The Morgan fingerprint density at radius 3 is 2.75 bits per heavy atom. The van der Waals surface area contributed by atoms with E-state index in [4.69, 9.17) is 5.73 Å². The molecular weight excluding hydrogens is 216 g/mol. The number of aryl methyl sites for hydroxylation is 2. The van der Waals surface area contributed by atoms with Crippen molar-refractivity contribution >= 4 is 37.2 Å². The van der Waals surface area contributed by atoms with E-state index in [0.717, 1.165) is 5.69 Å². The Morgan fingerprint density at radius 1 is 1.12 bits per heavy atom. The molecule has 0 aliphatic heterocycles. The lowest BCUT2D eigenvalue weighted by Gasteiger charge is -2.00. The van der Waals surface area contributed by atoms with Gasteiger partial charge in [-0.05, 0) is 37.1 Å². The van der Waals surface area contributed by atoms with Crippen LogP contribution in [0.3, 0.4) is 0 Å². The molecule has 0 saturated heterocycles. The molecule has 0 spiro atoms. The maximum absolute atomic E-state index is 5.91. The van der Waals surface area contributed by atoms with Crippen LogP contribution in [-0.2, 0) is 0 Å². The molecule has 3 heteroatoms. The van der Waals surface area contributed by atoms with E-state index < -0.39 is 0 Å². The number of fused-ring (bicyclic) bond motifs is 3. The maximum Gasteiger partial charge on any atom is 0.0541 e. The first-order valence-electron chi connectivity index (χ1n) is 5.20. The Hall–Kier alpha value is -1.61. The summed E-state index contributed by atoms with van der Waals surface area (Å²) in [5.41, 5.74) is 9.21. The number of rotatable bonds is 0. The first-order valence-corrected chi connectivity index (χ1v) is 6.01. The first kappa shape index (κ1) is 9.60. The molecule has 0 saturated carbocycles. The van der Waals surface area contributed by atoms with Crippen molar-refractivity contribution in [3.8, 4) is 0 Å². The monoisotopic (exact) mass is 228 g/mol. The zero-order valence-electron chi connectivity index (χ0n) is 9.24. The highest BCUT2D eigenvalue weighted by Gasteiger charge is 2.09. The number of nitrogens with two attached hydrogens (primary N) is 1. The number of nitrogen functional groups attached to an aromatic ring is 1. The minimum atomic E-state index is 0.834. The summed E-state index contributed by atoms with van der Waals surface area (Å²) in [6, 6.07) is 4.09. The summed E-state index contributed by atoms with van der Waals surface area (Å²) in [5, 5.41) is 2.56. The van der Waals surface area contributed by atoms with Gasteiger partial charge in [-0.2, -0.15) is 0 Å². The van der Waals surface area contributed by atoms with E-state index in [-0.39, 0.29) is 0 Å². The quantitative estimate of drug-likeness (QED) is 0.596. The highest BCUT2D eigenvalue weighted by atomic mass is 32.1. The van der Waals surface area contributed by atoms with E-state index in [2.05, 4.69) is 24.9 Å². The summed E-state index contributed by atoms with van der Waals surface area (Å²) < 4.78 is 2.56. The zero-order valence-corrected chi connectivity index (χ0v) is 10.1. The highest BCUT2D eigenvalue weighted by Crippen LogP contribution is 2.37. The van der Waals surface area contributed by atoms with E-state index in [9.17, 15) is 0 Å². The third-order valence-corrected chi connectivity index (χ3v) is 4.15. The Labute approximate surface area is 97.7 Å². The van der Waals surface area contributed by atoms with Crippen LogP contribution in [-0.4, -0.2) is 4.98 Å². The Bertz CT molecular complexity index is 698. The molecular formula is C13H12N2S. The Kier molecular flexibility index (Phi) is 1.91. The van der Waals surface area contributed by atoms with Gasteiger partial charge in [0.1, 0.15) is 0 Å². The van der Waals surface area contributed by atoms with Gasteiger partial charge in [-0.1, -0.05) is 0 Å². The molecule has 0 amide bonds. The van der Waals surface area contributed by atoms with E-state index in [1.54, 1.807) is 11.3 Å². The van der Waals surface area contributed by atoms with Crippen molar-refractivity contribution in [1.82, 2.24) is 4.98 Å². The maximum atomic E-state index is 5.91. The normalized spacial score (nSPS) is 11.4. The lowest BCUT2D eigenvalue weighted by atomic mass is 10.1. The number of thiophene rings is 1. The molecule has 0 aliphatic carbocycles. The molecule has 0 aliphatic rings. The summed E-state index contributed by atoms with van der Waals surface area (Å²) >= 11 is 1.79. The van der Waals surface area contributed by atoms with Crippen LogP contribution in [0, 0.1) is 13.8 Å². The standard InChI is InChI=1S/C13H12N2S/c1-7-3-9(14)4-10-12-8(2)5-15-6-11(12)16-13(7)10/h3-6H,14H2,1-2H3. The molecule has 2 N–H and O–H groups in total. The summed E-state index contributed by atoms with van der Waals surface area (Å²) in [4.78, 5) is 4.24. The molecule has 3 aromatic rings. The van der Waals surface area contributed by atoms with Crippen LogP contribution < -0.4 is 5.73 Å². The zero-order chi connectivity index (χ0) is 11.3. The van der Waals surface area contributed by atoms with E-state index in [1.165, 1.54) is 31.3 Å². The van der Waals surface area contributed by atoms with E-state index >= 15 is 0 Å². The number of nitrogens with zero attached hydrogens (tertiary/aromatic N) is 1. The number of hydrogen-bond acceptors (Lipinski definition) is 3. The molecule has 2 aromatic heterocycles. The molecule has 0 atom stereocenters. The average molecular weight is 228 g/mol. The first-order chi connectivity index (χ1) is 7.66. The summed E-state index contributed by atoms with van der Waals surface area (Å²) in [6.45, 7) is 4.21. The topological polar surface area (TPSA) is 38.9 Å². The number of pyridine rings is 1. The second-order valence-electron chi connectivity index (χ2n) is 4.15. The van der Waals surface area contributed by atoms with Crippen molar-refractivity contribution in [1.29, 1.82) is 0 Å². The molecule has 80 valence electrons. The second-order valence-corrected chi connectivity index (χ2v) is 5.20. The van der Waals surface area contributed by atoms with Gasteiger partial charge in [0, 0.05) is 33.6 Å². The fourth-order valence-electron chi connectivity index (χ4n) is 2.20. The highest BCUT2D eigenvalue weighted by molar-refractivity contribution is 7.26. The van der Waals surface area contributed by atoms with Crippen LogP contribution in [0.5, 0.6) is 0 Å². The van der Waals surface area contributed by atoms with Crippen LogP contribution in [0.1, 0.15) is 11.1 Å². The molecule has 2 heterocycles. The average Bonchev–Trinajstić information content (AvgIpc) is 2.58. The van der Waals surface area contributed by atoms with Crippen molar-refractivity contribution in [2.75, 3.05) is 5.73 Å². The third-order valence-electron chi connectivity index (χ3n) is 2.88. The molecule has 3 rings (SSSR count). The van der Waals surface area contributed by atoms with Crippen molar-refractivity contribution in [2.24, 2.45) is 0 Å². The van der Waals surface area contributed by atoms with Gasteiger partial charge in [0.05, 0.1) is 4.70 Å². The van der Waals surface area contributed by atoms with E-state index in [0.29, 0.717) is 0 Å². The van der Waals surface area contributed by atoms with Gasteiger partial charge < -0.3 is 5.73 Å². The minimum absolute atomic E-state index is 0.834. The largest absolute Gasteiger partial charge is 0.399 e. The number of hydrogen-bond donors (Lipinski definition) is 1. The smallest absolute Gasteiger partial charge is 0.0541 e. The van der Waals surface area contributed by atoms with Crippen molar-refractivity contribution < 1.29 is 0 Å². The Balaban J connectivity index is 2.63. The molecule has 0 fully saturated rings. The summed E-state index contributed by atoms with van der Waals surface area (Å²) in [5.74, 6) is 0. The molecule has 0 radical (unpaired) electrons. The van der Waals surface area contributed by atoms with E-state index in [1.807, 2.05) is 18.5 Å². The van der Waals surface area contributed by atoms with Crippen LogP contribution in [0.25, 0.3) is 20.2 Å². The lowest BCUT2D eigenvalue weighted by molar-refractivity contribution is 1.32. The van der Waals surface area contributed by atoms with Crippen LogP contribution >= 0.6 is 11.3 Å². The van der Waals surface area contributed by atoms with Gasteiger partial charge in [-0.15, -0.1) is 11.3 Å². The SMILES string of the molecule is Cc1cc(N)cc2c1sc1cncc(C)c12. The third kappa shape index (κ3) is 1.21. The van der Waals surface area contributed by atoms with Gasteiger partial charge in [-0.25, -0.2) is 0 Å². The number of anilines is 1. The fraction of sp³-hybridized carbons (Fsp3) is 0.154. The van der Waals surface area contributed by atoms with Crippen molar-refractivity contribution in [3.63, 3.8) is 0 Å². The summed E-state index contributed by atoms with van der Waals surface area (Å²) in [6.07, 6.45) is 3.84. The predicted octanol–water partition coefficient (Wildman–Crippen LogP) is 3.65. The van der Waals surface area contributed by atoms with Gasteiger partial charge >= 0.3 is 0 Å². The summed E-state index contributed by atoms with van der Waals surface area (Å²) in [7, 11) is 0. The molecule has 2 nitrogen and oxygen atoms in total. The Morgan fingerprint density at radius 2 is 1.94 bits per heavy atom. The lowest BCUT2D eigenvalue weighted by Crippen LogP contribution is -1.85. The molecule has 0 unspecified atom stereocenters. The van der Waals surface area contributed by atoms with Crippen LogP contribution in [0.4, 0.5) is 5.69 Å². The van der Waals surface area contributed by atoms with Gasteiger partial charge in [0.2, 0.25) is 0 Å². The number of aromatic nitrogens is 1. The van der Waals surface area contributed by atoms with Gasteiger partial charge in [0.25, 0.3) is 0 Å². The molecule has 1 aromatic carbocycles. The van der Waals surface area contributed by atoms with Crippen molar-refractivity contribution in [3.05, 3.63) is 35.7 Å².